The zero-order valence-electron chi connectivity index (χ0n) is 28.0. The molecule has 0 saturated heterocycles. The third kappa shape index (κ3) is 5.45. The Labute approximate surface area is 305 Å². The van der Waals surface area contributed by atoms with Crippen LogP contribution in [0, 0.1) is 0 Å². The van der Waals surface area contributed by atoms with Crippen molar-refractivity contribution < 1.29 is 0 Å². The van der Waals surface area contributed by atoms with E-state index in [1.165, 1.54) is 15.5 Å². The fraction of sp³-hybridized carbons (Fsp3) is 0. The van der Waals surface area contributed by atoms with Crippen LogP contribution in [-0.2, 0) is 0 Å². The largest absolute Gasteiger partial charge is 0.311 e. The summed E-state index contributed by atoms with van der Waals surface area (Å²) in [5.74, 6) is 0. The van der Waals surface area contributed by atoms with Gasteiger partial charge in [-0.3, -0.25) is 9.97 Å². The Morgan fingerprint density at radius 2 is 0.923 bits per heavy atom. The number of rotatable bonds is 6. The van der Waals surface area contributed by atoms with Crippen LogP contribution >= 0.6 is 11.3 Å². The van der Waals surface area contributed by atoms with E-state index in [4.69, 9.17) is 4.98 Å². The smallest absolute Gasteiger partial charge is 0.125 e. The predicted octanol–water partition coefficient (Wildman–Crippen LogP) is 13.0. The predicted molar refractivity (Wildman–Crippen MR) is 219 cm³/mol. The van der Waals surface area contributed by atoms with Crippen molar-refractivity contribution in [3.05, 3.63) is 182 Å². The number of hydrogen-bond acceptors (Lipinski definition) is 5. The van der Waals surface area contributed by atoms with Gasteiger partial charge in [0.15, 0.2) is 0 Å². The van der Waals surface area contributed by atoms with E-state index in [0.29, 0.717) is 0 Å². The molecule has 0 unspecified atom stereocenters. The molecular weight excluding hydrogens is 653 g/mol. The van der Waals surface area contributed by atoms with Gasteiger partial charge in [-0.1, -0.05) is 91.0 Å². The zero-order valence-corrected chi connectivity index (χ0v) is 28.8. The molecule has 0 fully saturated rings. The van der Waals surface area contributed by atoms with Gasteiger partial charge in [0.2, 0.25) is 0 Å². The van der Waals surface area contributed by atoms with Crippen molar-refractivity contribution in [2.75, 3.05) is 4.90 Å². The van der Waals surface area contributed by atoms with Gasteiger partial charge in [-0.25, -0.2) is 4.98 Å². The average Bonchev–Trinajstić information content (AvgIpc) is 3.59. The molecule has 244 valence electrons. The molecule has 0 spiro atoms. The monoisotopic (exact) mass is 682 g/mol. The molecule has 4 aromatic heterocycles. The number of aromatic nitrogens is 3. The summed E-state index contributed by atoms with van der Waals surface area (Å²) in [4.78, 5) is 17.6. The number of hydrogen-bond donors (Lipinski definition) is 0. The van der Waals surface area contributed by atoms with Crippen molar-refractivity contribution in [2.24, 2.45) is 0 Å². The van der Waals surface area contributed by atoms with Crippen LogP contribution in [0.5, 0.6) is 0 Å². The Morgan fingerprint density at radius 1 is 0.404 bits per heavy atom. The molecule has 4 heterocycles. The van der Waals surface area contributed by atoms with Gasteiger partial charge in [0, 0.05) is 61.3 Å². The molecule has 0 bridgehead atoms. The first-order chi connectivity index (χ1) is 25.7. The summed E-state index contributed by atoms with van der Waals surface area (Å²) in [6.45, 7) is 0. The van der Waals surface area contributed by atoms with Crippen molar-refractivity contribution in [1.29, 1.82) is 0 Å². The maximum atomic E-state index is 5.08. The van der Waals surface area contributed by atoms with Crippen LogP contribution < -0.4 is 4.90 Å². The van der Waals surface area contributed by atoms with Gasteiger partial charge in [-0.2, -0.15) is 0 Å². The van der Waals surface area contributed by atoms with Crippen molar-refractivity contribution >= 4 is 70.5 Å². The van der Waals surface area contributed by atoms with Gasteiger partial charge in [-0.15, -0.1) is 11.3 Å². The molecule has 10 rings (SSSR count). The summed E-state index contributed by atoms with van der Waals surface area (Å²) in [7, 11) is 0. The van der Waals surface area contributed by atoms with E-state index in [0.717, 1.165) is 77.2 Å². The van der Waals surface area contributed by atoms with E-state index in [1.807, 2.05) is 24.5 Å². The molecule has 10 aromatic rings. The minimum atomic E-state index is 0.973. The van der Waals surface area contributed by atoms with Crippen molar-refractivity contribution in [3.8, 4) is 33.5 Å². The molecule has 0 aliphatic carbocycles. The molecule has 0 radical (unpaired) electrons. The number of nitrogens with zero attached hydrogens (tertiary/aromatic N) is 4. The molecule has 0 aliphatic heterocycles. The Hall–Kier alpha value is -6.69. The summed E-state index contributed by atoms with van der Waals surface area (Å²) in [5, 5.41) is 4.75. The number of fused-ring (bicyclic) bond motifs is 5. The Balaban J connectivity index is 1.02. The van der Waals surface area contributed by atoms with E-state index < -0.39 is 0 Å². The third-order valence-corrected chi connectivity index (χ3v) is 10.9. The summed E-state index contributed by atoms with van der Waals surface area (Å²) >= 11 is 1.75. The molecule has 0 N–H and O–H groups in total. The summed E-state index contributed by atoms with van der Waals surface area (Å²) < 4.78 is 1.26. The molecule has 0 aliphatic rings. The average molecular weight is 683 g/mol. The second-order valence-corrected chi connectivity index (χ2v) is 14.0. The second kappa shape index (κ2) is 12.6. The van der Waals surface area contributed by atoms with E-state index >= 15 is 0 Å². The zero-order chi connectivity index (χ0) is 34.4. The number of anilines is 3. The van der Waals surface area contributed by atoms with Crippen LogP contribution in [0.4, 0.5) is 17.1 Å². The fourth-order valence-corrected chi connectivity index (χ4v) is 8.17. The van der Waals surface area contributed by atoms with Gasteiger partial charge in [0.1, 0.15) is 4.83 Å². The van der Waals surface area contributed by atoms with Crippen LogP contribution in [0.1, 0.15) is 0 Å². The van der Waals surface area contributed by atoms with Gasteiger partial charge >= 0.3 is 0 Å². The van der Waals surface area contributed by atoms with Crippen LogP contribution in [0.3, 0.4) is 0 Å². The summed E-state index contributed by atoms with van der Waals surface area (Å²) in [5.41, 5.74) is 11.8. The van der Waals surface area contributed by atoms with E-state index in [9.17, 15) is 0 Å². The SMILES string of the molecule is c1cnc2cc(-c3ccc(N(c4ccc(-c5ccc6cccnc6c5)cc4)c4ccc(-c5ccc6c(n5)sc5ccccc56)cc4)cc3)ccc2c1. The molecule has 4 nitrogen and oxygen atoms in total. The second-order valence-electron chi connectivity index (χ2n) is 12.9. The molecule has 5 heteroatoms. The topological polar surface area (TPSA) is 41.9 Å². The highest BCUT2D eigenvalue weighted by atomic mass is 32.1. The van der Waals surface area contributed by atoms with Crippen molar-refractivity contribution in [2.45, 2.75) is 0 Å². The van der Waals surface area contributed by atoms with E-state index in [1.54, 1.807) is 11.3 Å². The third-order valence-electron chi connectivity index (χ3n) is 9.79. The van der Waals surface area contributed by atoms with Crippen LogP contribution in [0.2, 0.25) is 0 Å². The molecule has 6 aromatic carbocycles. The summed E-state index contributed by atoms with van der Waals surface area (Å²) in [6.07, 6.45) is 3.69. The minimum absolute atomic E-state index is 0.973. The summed E-state index contributed by atoms with van der Waals surface area (Å²) in [6, 6.07) is 60.3. The quantitative estimate of drug-likeness (QED) is 0.175. The van der Waals surface area contributed by atoms with Crippen molar-refractivity contribution in [3.63, 3.8) is 0 Å². The van der Waals surface area contributed by atoms with Crippen LogP contribution in [0.25, 0.3) is 75.6 Å². The highest BCUT2D eigenvalue weighted by Crippen LogP contribution is 2.39. The lowest BCUT2D eigenvalue weighted by Crippen LogP contribution is -2.09. The number of pyridine rings is 3. The first-order valence-electron chi connectivity index (χ1n) is 17.3. The van der Waals surface area contributed by atoms with Crippen LogP contribution in [-0.4, -0.2) is 15.0 Å². The molecule has 52 heavy (non-hydrogen) atoms. The first kappa shape index (κ1) is 30.2. The lowest BCUT2D eigenvalue weighted by Gasteiger charge is -2.26. The fourth-order valence-electron chi connectivity index (χ4n) is 7.09. The molecular formula is C47H30N4S. The minimum Gasteiger partial charge on any atom is -0.311 e. The highest BCUT2D eigenvalue weighted by molar-refractivity contribution is 7.25. The van der Waals surface area contributed by atoms with Crippen molar-refractivity contribution in [1.82, 2.24) is 15.0 Å². The number of benzene rings is 6. The van der Waals surface area contributed by atoms with Crippen LogP contribution in [0.15, 0.2) is 182 Å². The maximum Gasteiger partial charge on any atom is 0.125 e. The molecule has 0 saturated carbocycles. The Bertz CT molecular complexity index is 2770. The normalized spacial score (nSPS) is 11.5. The maximum absolute atomic E-state index is 5.08. The highest BCUT2D eigenvalue weighted by Gasteiger charge is 2.15. The number of thiophene rings is 1. The van der Waals surface area contributed by atoms with E-state index in [-0.39, 0.29) is 0 Å². The Morgan fingerprint density at radius 3 is 1.50 bits per heavy atom. The lowest BCUT2D eigenvalue weighted by atomic mass is 10.0. The standard InChI is InChI=1S/C47H30N4S/c1-2-8-46-41(7-1)42-25-26-43(50-47(42)52-46)35-17-23-40(24-18-35)51(38-19-13-31(14-20-38)36-11-9-33-5-3-27-48-44(33)29-36)39-21-15-32(16-22-39)37-12-10-34-6-4-28-49-45(34)30-37/h1-30H. The first-order valence-corrected chi connectivity index (χ1v) is 18.1. The van der Waals surface area contributed by atoms with E-state index in [2.05, 4.69) is 173 Å². The molecule has 0 atom stereocenters. The lowest BCUT2D eigenvalue weighted by molar-refractivity contribution is 1.28. The Kier molecular flexibility index (Phi) is 7.29. The van der Waals surface area contributed by atoms with Gasteiger partial charge in [-0.05, 0) is 101 Å². The van der Waals surface area contributed by atoms with Gasteiger partial charge in [0.05, 0.1) is 16.7 Å². The molecule has 0 amide bonds. The van der Waals surface area contributed by atoms with Gasteiger partial charge < -0.3 is 4.90 Å². The van der Waals surface area contributed by atoms with Gasteiger partial charge in [0.25, 0.3) is 0 Å².